The number of nitrogens with two attached hydrogens (primary N) is 1. The van der Waals surface area contributed by atoms with Crippen molar-refractivity contribution in [3.63, 3.8) is 0 Å². The quantitative estimate of drug-likeness (QED) is 0.717. The van der Waals surface area contributed by atoms with Crippen LogP contribution in [-0.4, -0.2) is 13.1 Å². The fourth-order valence-electron chi connectivity index (χ4n) is 3.11. The minimum atomic E-state index is 0.263. The molecular formula is C16H22Br2N2. The molecule has 0 heterocycles. The first kappa shape index (κ1) is 15.0. The average molecular weight is 402 g/mol. The van der Waals surface area contributed by atoms with Crippen LogP contribution < -0.4 is 11.1 Å². The van der Waals surface area contributed by atoms with Gasteiger partial charge >= 0.3 is 0 Å². The van der Waals surface area contributed by atoms with E-state index in [0.717, 1.165) is 33.2 Å². The van der Waals surface area contributed by atoms with E-state index in [1.807, 2.05) is 0 Å². The van der Waals surface area contributed by atoms with Crippen LogP contribution in [-0.2, 0) is 0 Å². The van der Waals surface area contributed by atoms with Crippen molar-refractivity contribution in [2.75, 3.05) is 13.1 Å². The fraction of sp³-hybridized carbons (Fsp3) is 0.625. The molecule has 0 bridgehead atoms. The van der Waals surface area contributed by atoms with Crippen molar-refractivity contribution in [3.8, 4) is 0 Å². The molecule has 2 saturated carbocycles. The molecule has 20 heavy (non-hydrogen) atoms. The number of halogens is 2. The maximum atomic E-state index is 5.97. The van der Waals surface area contributed by atoms with Gasteiger partial charge in [0.1, 0.15) is 0 Å². The van der Waals surface area contributed by atoms with E-state index in [-0.39, 0.29) is 6.04 Å². The average Bonchev–Trinajstić information content (AvgIpc) is 3.31. The molecule has 0 spiro atoms. The summed E-state index contributed by atoms with van der Waals surface area (Å²) in [5.74, 6) is 2.87. The second-order valence-corrected chi connectivity index (χ2v) is 7.92. The van der Waals surface area contributed by atoms with Gasteiger partial charge in [0.15, 0.2) is 0 Å². The zero-order valence-electron chi connectivity index (χ0n) is 11.6. The van der Waals surface area contributed by atoms with Gasteiger partial charge in [-0.25, -0.2) is 0 Å². The smallest absolute Gasteiger partial charge is 0.0445 e. The predicted octanol–water partition coefficient (Wildman–Crippen LogP) is 4.24. The van der Waals surface area contributed by atoms with Gasteiger partial charge in [-0.05, 0) is 99.5 Å². The van der Waals surface area contributed by atoms with Crippen molar-refractivity contribution in [2.45, 2.75) is 31.7 Å². The SMILES string of the molecule is NCC(NCC(C1CC1)C1CC1)c1ccc(Br)c(Br)c1. The Kier molecular flexibility index (Phi) is 4.86. The standard InChI is InChI=1S/C16H22Br2N2/c17-14-6-5-12(7-15(14)18)16(8-19)20-9-13(10-1-2-10)11-3-4-11/h5-7,10-11,13,16,20H,1-4,8-9,19H2. The first-order chi connectivity index (χ1) is 9.69. The minimum Gasteiger partial charge on any atom is -0.329 e. The van der Waals surface area contributed by atoms with Gasteiger partial charge in [-0.2, -0.15) is 0 Å². The molecule has 2 aliphatic rings. The molecule has 0 aromatic heterocycles. The Labute approximate surface area is 138 Å². The van der Waals surface area contributed by atoms with Crippen LogP contribution in [0.2, 0.25) is 0 Å². The zero-order chi connectivity index (χ0) is 14.1. The summed E-state index contributed by atoms with van der Waals surface area (Å²) in [6.45, 7) is 1.78. The van der Waals surface area contributed by atoms with Gasteiger partial charge in [-0.1, -0.05) is 6.07 Å². The number of benzene rings is 1. The van der Waals surface area contributed by atoms with Crippen LogP contribution in [0.4, 0.5) is 0 Å². The van der Waals surface area contributed by atoms with E-state index in [1.165, 1.54) is 31.2 Å². The number of hydrogen-bond acceptors (Lipinski definition) is 2. The maximum Gasteiger partial charge on any atom is 0.0445 e. The van der Waals surface area contributed by atoms with E-state index < -0.39 is 0 Å². The van der Waals surface area contributed by atoms with Gasteiger partial charge in [-0.15, -0.1) is 0 Å². The van der Waals surface area contributed by atoms with Crippen LogP contribution >= 0.6 is 31.9 Å². The molecule has 1 unspecified atom stereocenters. The number of nitrogens with one attached hydrogen (secondary N) is 1. The van der Waals surface area contributed by atoms with Crippen LogP contribution in [0.5, 0.6) is 0 Å². The van der Waals surface area contributed by atoms with Crippen LogP contribution in [0, 0.1) is 17.8 Å². The largest absolute Gasteiger partial charge is 0.329 e. The molecule has 3 N–H and O–H groups in total. The van der Waals surface area contributed by atoms with Crippen molar-refractivity contribution in [2.24, 2.45) is 23.5 Å². The van der Waals surface area contributed by atoms with Gasteiger partial charge in [0.05, 0.1) is 0 Å². The number of hydrogen-bond donors (Lipinski definition) is 2. The van der Waals surface area contributed by atoms with E-state index in [2.05, 4.69) is 55.4 Å². The summed E-state index contributed by atoms with van der Waals surface area (Å²) in [5.41, 5.74) is 7.24. The molecule has 1 atom stereocenters. The molecular weight excluding hydrogens is 380 g/mol. The summed E-state index contributed by atoms with van der Waals surface area (Å²) >= 11 is 7.09. The van der Waals surface area contributed by atoms with Crippen LogP contribution in [0.1, 0.15) is 37.3 Å². The van der Waals surface area contributed by atoms with Crippen molar-refractivity contribution < 1.29 is 0 Å². The predicted molar refractivity (Wildman–Crippen MR) is 90.6 cm³/mol. The van der Waals surface area contributed by atoms with E-state index in [9.17, 15) is 0 Å². The third kappa shape index (κ3) is 3.65. The van der Waals surface area contributed by atoms with Crippen molar-refractivity contribution in [3.05, 3.63) is 32.7 Å². The molecule has 2 aliphatic carbocycles. The Morgan fingerprint density at radius 2 is 1.75 bits per heavy atom. The monoisotopic (exact) mass is 400 g/mol. The Balaban J connectivity index is 1.62. The summed E-state index contributed by atoms with van der Waals surface area (Å²) in [5, 5.41) is 3.71. The summed E-state index contributed by atoms with van der Waals surface area (Å²) in [6.07, 6.45) is 5.78. The third-order valence-electron chi connectivity index (χ3n) is 4.64. The molecule has 110 valence electrons. The third-order valence-corrected chi connectivity index (χ3v) is 6.52. The molecule has 4 heteroatoms. The van der Waals surface area contributed by atoms with Crippen molar-refractivity contribution in [1.82, 2.24) is 5.32 Å². The van der Waals surface area contributed by atoms with Crippen LogP contribution in [0.25, 0.3) is 0 Å². The van der Waals surface area contributed by atoms with E-state index in [0.29, 0.717) is 6.54 Å². The lowest BCUT2D eigenvalue weighted by Gasteiger charge is -2.22. The van der Waals surface area contributed by atoms with Crippen molar-refractivity contribution in [1.29, 1.82) is 0 Å². The van der Waals surface area contributed by atoms with Gasteiger partial charge in [-0.3, -0.25) is 0 Å². The summed E-state index contributed by atoms with van der Waals surface area (Å²) < 4.78 is 2.18. The van der Waals surface area contributed by atoms with Crippen LogP contribution in [0.3, 0.4) is 0 Å². The van der Waals surface area contributed by atoms with Gasteiger partial charge in [0.2, 0.25) is 0 Å². The molecule has 2 nitrogen and oxygen atoms in total. The highest BCUT2D eigenvalue weighted by Gasteiger charge is 2.41. The Morgan fingerprint density at radius 1 is 1.10 bits per heavy atom. The fourth-order valence-corrected chi connectivity index (χ4v) is 3.75. The Bertz CT molecular complexity index is 458. The zero-order valence-corrected chi connectivity index (χ0v) is 14.8. The van der Waals surface area contributed by atoms with Crippen molar-refractivity contribution >= 4 is 31.9 Å². The topological polar surface area (TPSA) is 38.0 Å². The highest BCUT2D eigenvalue weighted by atomic mass is 79.9. The molecule has 0 aliphatic heterocycles. The Hall–Kier alpha value is 0.1000. The van der Waals surface area contributed by atoms with E-state index in [4.69, 9.17) is 5.73 Å². The molecule has 0 amide bonds. The minimum absolute atomic E-state index is 0.263. The lowest BCUT2D eigenvalue weighted by atomic mass is 9.97. The van der Waals surface area contributed by atoms with Gasteiger partial charge in [0, 0.05) is 21.5 Å². The summed E-state index contributed by atoms with van der Waals surface area (Å²) in [4.78, 5) is 0. The molecule has 0 radical (unpaired) electrons. The first-order valence-electron chi connectivity index (χ1n) is 7.57. The van der Waals surface area contributed by atoms with Gasteiger partial charge < -0.3 is 11.1 Å². The normalized spacial score (nSPS) is 20.4. The lowest BCUT2D eigenvalue weighted by molar-refractivity contribution is 0.357. The van der Waals surface area contributed by atoms with Gasteiger partial charge in [0.25, 0.3) is 0 Å². The molecule has 1 aromatic rings. The van der Waals surface area contributed by atoms with E-state index >= 15 is 0 Å². The highest BCUT2D eigenvalue weighted by molar-refractivity contribution is 9.13. The molecule has 0 saturated heterocycles. The molecule has 3 rings (SSSR count). The second-order valence-electron chi connectivity index (χ2n) is 6.21. The second kappa shape index (κ2) is 6.47. The first-order valence-corrected chi connectivity index (χ1v) is 9.16. The Morgan fingerprint density at radius 3 is 2.25 bits per heavy atom. The summed E-state index contributed by atoms with van der Waals surface area (Å²) in [7, 11) is 0. The number of rotatable bonds is 7. The molecule has 2 fully saturated rings. The highest BCUT2D eigenvalue weighted by Crippen LogP contribution is 2.49. The lowest BCUT2D eigenvalue weighted by Crippen LogP contribution is -2.33. The maximum absolute atomic E-state index is 5.97. The summed E-state index contributed by atoms with van der Waals surface area (Å²) in [6, 6.07) is 6.67. The van der Waals surface area contributed by atoms with E-state index in [1.54, 1.807) is 0 Å². The molecule has 1 aromatic carbocycles. The van der Waals surface area contributed by atoms with Crippen LogP contribution in [0.15, 0.2) is 27.1 Å².